The van der Waals surface area contributed by atoms with Crippen molar-refractivity contribution in [2.75, 3.05) is 12.0 Å². The molecule has 1 aliphatic heterocycles. The maximum atomic E-state index is 14.7. The highest BCUT2D eigenvalue weighted by Crippen LogP contribution is 2.43. The second-order valence-corrected chi connectivity index (χ2v) is 7.54. The Kier molecular flexibility index (Phi) is 5.09. The summed E-state index contributed by atoms with van der Waals surface area (Å²) in [4.78, 5) is 31.6. The van der Waals surface area contributed by atoms with Gasteiger partial charge < -0.3 is 14.3 Å². The van der Waals surface area contributed by atoms with Crippen LogP contribution in [-0.4, -0.2) is 28.9 Å². The number of ether oxygens (including phenoxy) is 1. The zero-order chi connectivity index (χ0) is 24.0. The number of furan rings is 1. The van der Waals surface area contributed by atoms with Crippen LogP contribution in [0.2, 0.25) is 0 Å². The minimum absolute atomic E-state index is 0.149. The lowest BCUT2D eigenvalue weighted by molar-refractivity contribution is -0.117. The number of anilines is 1. The Labute approximate surface area is 191 Å². The third kappa shape index (κ3) is 3.29. The van der Waals surface area contributed by atoms with Crippen molar-refractivity contribution < 1.29 is 32.6 Å². The summed E-state index contributed by atoms with van der Waals surface area (Å²) in [5.74, 6) is -4.28. The number of rotatable bonds is 5. The van der Waals surface area contributed by atoms with E-state index in [0.717, 1.165) is 17.0 Å². The number of carbonyl (C=O) groups is 2. The monoisotopic (exact) mass is 462 g/mol. The van der Waals surface area contributed by atoms with E-state index in [-0.39, 0.29) is 17.0 Å². The molecule has 4 aromatic rings. The molecule has 1 aliphatic rings. The quantitative estimate of drug-likeness (QED) is 0.424. The molecule has 0 fully saturated rings. The SMILES string of the molecule is COc1cccc2cc(C(=O)C3=C(O)C(=O)N(c4ccc(F)cc4F)C3c3cccnc3)oc12. The van der Waals surface area contributed by atoms with Gasteiger partial charge in [-0.15, -0.1) is 0 Å². The van der Waals surface area contributed by atoms with Gasteiger partial charge in [-0.3, -0.25) is 19.5 Å². The van der Waals surface area contributed by atoms with Gasteiger partial charge in [0.2, 0.25) is 5.78 Å². The predicted octanol–water partition coefficient (Wildman–Crippen LogP) is 4.90. The fourth-order valence-corrected chi connectivity index (χ4v) is 4.06. The Morgan fingerprint density at radius 1 is 1.15 bits per heavy atom. The van der Waals surface area contributed by atoms with E-state index in [9.17, 15) is 23.5 Å². The number of methoxy groups -OCH3 is 1. The number of ketones is 1. The van der Waals surface area contributed by atoms with Crippen LogP contribution < -0.4 is 9.64 Å². The van der Waals surface area contributed by atoms with Crippen LogP contribution in [0.15, 0.2) is 82.7 Å². The van der Waals surface area contributed by atoms with Gasteiger partial charge in [0, 0.05) is 23.8 Å². The van der Waals surface area contributed by atoms with E-state index in [4.69, 9.17) is 9.15 Å². The predicted molar refractivity (Wildman–Crippen MR) is 118 cm³/mol. The number of Topliss-reactive ketones (excluding diaryl/α,β-unsaturated/α-hetero) is 1. The summed E-state index contributed by atoms with van der Waals surface area (Å²) in [6.45, 7) is 0. The average molecular weight is 462 g/mol. The molecular weight excluding hydrogens is 446 g/mol. The molecular formula is C25H16F2N2O5. The molecule has 1 N–H and O–H groups in total. The normalized spacial score (nSPS) is 15.9. The van der Waals surface area contributed by atoms with Gasteiger partial charge in [-0.25, -0.2) is 8.78 Å². The van der Waals surface area contributed by atoms with Crippen molar-refractivity contribution in [1.82, 2.24) is 4.98 Å². The number of fused-ring (bicyclic) bond motifs is 1. The van der Waals surface area contributed by atoms with Crippen molar-refractivity contribution in [3.8, 4) is 5.75 Å². The van der Waals surface area contributed by atoms with Crippen molar-refractivity contribution in [2.24, 2.45) is 0 Å². The number of hydrogen-bond donors (Lipinski definition) is 1. The van der Waals surface area contributed by atoms with E-state index in [0.29, 0.717) is 28.3 Å². The molecule has 7 nitrogen and oxygen atoms in total. The van der Waals surface area contributed by atoms with E-state index >= 15 is 0 Å². The van der Waals surface area contributed by atoms with E-state index in [1.165, 1.54) is 25.6 Å². The largest absolute Gasteiger partial charge is 0.503 e. The highest BCUT2D eigenvalue weighted by Gasteiger charge is 2.46. The Bertz CT molecular complexity index is 1480. The maximum absolute atomic E-state index is 14.7. The maximum Gasteiger partial charge on any atom is 0.294 e. The van der Waals surface area contributed by atoms with Crippen LogP contribution >= 0.6 is 0 Å². The Morgan fingerprint density at radius 2 is 1.97 bits per heavy atom. The highest BCUT2D eigenvalue weighted by molar-refractivity contribution is 6.20. The molecule has 1 unspecified atom stereocenters. The molecule has 2 aromatic carbocycles. The van der Waals surface area contributed by atoms with Crippen LogP contribution in [-0.2, 0) is 4.79 Å². The molecule has 9 heteroatoms. The molecule has 170 valence electrons. The number of amides is 1. The first-order valence-corrected chi connectivity index (χ1v) is 10.1. The average Bonchev–Trinajstić information content (AvgIpc) is 3.39. The summed E-state index contributed by atoms with van der Waals surface area (Å²) in [5.41, 5.74) is 0.0263. The summed E-state index contributed by atoms with van der Waals surface area (Å²) in [7, 11) is 1.45. The van der Waals surface area contributed by atoms with Crippen molar-refractivity contribution >= 4 is 28.3 Å². The van der Waals surface area contributed by atoms with E-state index in [1.807, 2.05) is 0 Å². The van der Waals surface area contributed by atoms with Crippen molar-refractivity contribution in [3.05, 3.63) is 101 Å². The number of aliphatic hydroxyl groups excluding tert-OH is 1. The molecule has 0 saturated heterocycles. The second kappa shape index (κ2) is 8.11. The number of carbonyl (C=O) groups excluding carboxylic acids is 2. The molecule has 0 aliphatic carbocycles. The molecule has 2 aromatic heterocycles. The molecule has 0 saturated carbocycles. The molecule has 0 radical (unpaired) electrons. The van der Waals surface area contributed by atoms with Gasteiger partial charge in [0.1, 0.15) is 11.6 Å². The number of aliphatic hydroxyl groups is 1. The van der Waals surface area contributed by atoms with Gasteiger partial charge in [0.15, 0.2) is 22.9 Å². The standard InChI is InChI=1S/C25H16F2N2O5/c1-33-18-6-2-4-13-10-19(34-24(13)18)22(30)20-21(14-5-3-9-28-12-14)29(25(32)23(20)31)17-8-7-15(26)11-16(17)27/h2-12,21,31H,1H3. The number of nitrogens with zero attached hydrogens (tertiary/aromatic N) is 2. The topological polar surface area (TPSA) is 92.9 Å². The minimum atomic E-state index is -1.23. The van der Waals surface area contributed by atoms with Crippen LogP contribution in [0.4, 0.5) is 14.5 Å². The Balaban J connectivity index is 1.67. The van der Waals surface area contributed by atoms with Crippen LogP contribution in [0.25, 0.3) is 11.0 Å². The smallest absolute Gasteiger partial charge is 0.294 e. The Hall–Kier alpha value is -4.53. The summed E-state index contributed by atoms with van der Waals surface area (Å²) < 4.78 is 39.2. The lowest BCUT2D eigenvalue weighted by Gasteiger charge is -2.26. The van der Waals surface area contributed by atoms with Gasteiger partial charge in [-0.05, 0) is 35.9 Å². The lowest BCUT2D eigenvalue weighted by atomic mass is 9.96. The molecule has 0 bridgehead atoms. The highest BCUT2D eigenvalue weighted by atomic mass is 19.1. The van der Waals surface area contributed by atoms with Crippen LogP contribution in [0.5, 0.6) is 5.75 Å². The van der Waals surface area contributed by atoms with Gasteiger partial charge in [0.25, 0.3) is 5.91 Å². The zero-order valence-corrected chi connectivity index (χ0v) is 17.7. The van der Waals surface area contributed by atoms with Crippen molar-refractivity contribution in [2.45, 2.75) is 6.04 Å². The first kappa shape index (κ1) is 21.3. The molecule has 0 spiro atoms. The van der Waals surface area contributed by atoms with E-state index in [1.54, 1.807) is 30.3 Å². The number of para-hydroxylation sites is 1. The number of pyridine rings is 1. The molecule has 1 amide bonds. The number of aromatic nitrogens is 1. The van der Waals surface area contributed by atoms with Gasteiger partial charge in [0.05, 0.1) is 24.4 Å². The van der Waals surface area contributed by atoms with Gasteiger partial charge in [-0.2, -0.15) is 0 Å². The summed E-state index contributed by atoms with van der Waals surface area (Å²) in [6.07, 6.45) is 2.87. The number of halogens is 2. The van der Waals surface area contributed by atoms with Crippen molar-refractivity contribution in [1.29, 1.82) is 0 Å². The van der Waals surface area contributed by atoms with Gasteiger partial charge >= 0.3 is 0 Å². The number of benzene rings is 2. The van der Waals surface area contributed by atoms with Crippen LogP contribution in [0.1, 0.15) is 22.2 Å². The van der Waals surface area contributed by atoms with Crippen LogP contribution in [0, 0.1) is 11.6 Å². The van der Waals surface area contributed by atoms with Gasteiger partial charge in [-0.1, -0.05) is 18.2 Å². The first-order valence-electron chi connectivity index (χ1n) is 10.1. The Morgan fingerprint density at radius 3 is 2.68 bits per heavy atom. The third-order valence-electron chi connectivity index (χ3n) is 5.57. The molecule has 34 heavy (non-hydrogen) atoms. The third-order valence-corrected chi connectivity index (χ3v) is 5.57. The molecule has 5 rings (SSSR count). The zero-order valence-electron chi connectivity index (χ0n) is 17.7. The van der Waals surface area contributed by atoms with E-state index < -0.39 is 35.1 Å². The lowest BCUT2D eigenvalue weighted by Crippen LogP contribution is -2.31. The van der Waals surface area contributed by atoms with Crippen LogP contribution in [0.3, 0.4) is 0 Å². The fraction of sp³-hybridized carbons (Fsp3) is 0.0800. The second-order valence-electron chi connectivity index (χ2n) is 7.54. The summed E-state index contributed by atoms with van der Waals surface area (Å²) in [5, 5.41) is 11.3. The molecule has 3 heterocycles. The van der Waals surface area contributed by atoms with E-state index in [2.05, 4.69) is 4.98 Å². The first-order chi connectivity index (χ1) is 16.4. The minimum Gasteiger partial charge on any atom is -0.503 e. The number of hydrogen-bond acceptors (Lipinski definition) is 6. The summed E-state index contributed by atoms with van der Waals surface area (Å²) >= 11 is 0. The fourth-order valence-electron chi connectivity index (χ4n) is 4.06. The van der Waals surface area contributed by atoms with Crippen molar-refractivity contribution in [3.63, 3.8) is 0 Å². The molecule has 1 atom stereocenters. The summed E-state index contributed by atoms with van der Waals surface area (Å²) in [6, 6.07) is 11.1.